The van der Waals surface area contributed by atoms with Gasteiger partial charge < -0.3 is 34.3 Å². The summed E-state index contributed by atoms with van der Waals surface area (Å²) < 4.78 is 14.0. The molecule has 15 nitrogen and oxygen atoms in total. The van der Waals surface area contributed by atoms with E-state index in [0.29, 0.717) is 50.9 Å². The smallest absolute Gasteiger partial charge is 0.324 e. The summed E-state index contributed by atoms with van der Waals surface area (Å²) in [7, 11) is 3.26. The van der Waals surface area contributed by atoms with Gasteiger partial charge >= 0.3 is 5.97 Å². The lowest BCUT2D eigenvalue weighted by Crippen LogP contribution is -2.62. The molecule has 2 fully saturated rings. The lowest BCUT2D eigenvalue weighted by Gasteiger charge is -2.37. The fraction of sp³-hybridized carbons (Fsp3) is 0.510. The van der Waals surface area contributed by atoms with E-state index < -0.39 is 47.2 Å². The van der Waals surface area contributed by atoms with Crippen molar-refractivity contribution >= 4 is 40.5 Å². The Bertz CT molecular complexity index is 2430. The van der Waals surface area contributed by atoms with Crippen molar-refractivity contribution in [3.8, 4) is 28.1 Å². The second kappa shape index (κ2) is 19.1. The van der Waals surface area contributed by atoms with E-state index in [9.17, 15) is 29.1 Å². The van der Waals surface area contributed by atoms with Crippen molar-refractivity contribution in [2.45, 2.75) is 105 Å². The molecule has 7 rings (SSSR count). The van der Waals surface area contributed by atoms with Gasteiger partial charge in [-0.2, -0.15) is 0 Å². The largest absolute Gasteiger partial charge is 0.508 e. The molecule has 4 amide bonds. The third-order valence-electron chi connectivity index (χ3n) is 13.0. The minimum absolute atomic E-state index is 0.000728. The van der Waals surface area contributed by atoms with Crippen molar-refractivity contribution in [1.29, 1.82) is 0 Å². The molecule has 342 valence electrons. The average Bonchev–Trinajstić information content (AvgIpc) is 3.88. The minimum atomic E-state index is -1.15. The van der Waals surface area contributed by atoms with Crippen LogP contribution < -0.4 is 10.7 Å². The number of fused-ring (bicyclic) bond motifs is 6. The SMILES string of the molecule is CCn1c(-c2cnccc2COC)c2c3cc(ccc31)-c1cc(O)cc(c1)C[C@H](NC(=O)C(C(C)C)N(C)C(=O)[C@H]1CCN(C(C)=O)C1)C(=O)N1CCC[C@H](N1)C(=O)OCC(C)(C)C2. The van der Waals surface area contributed by atoms with Crippen molar-refractivity contribution in [2.75, 3.05) is 40.4 Å². The summed E-state index contributed by atoms with van der Waals surface area (Å²) in [4.78, 5) is 76.5. The summed E-state index contributed by atoms with van der Waals surface area (Å²) in [5, 5.41) is 16.7. The number of phenols is 1. The number of hydrazine groups is 1. The molecule has 4 atom stereocenters. The standard InChI is InChI=1S/C49H63N7O8/c1-9-55-42-13-12-32-23-37(42)38(44(55)39-25-50-16-14-34(39)27-63-8)24-49(5,6)28-64-48(62)40-11-10-17-56(52-40)47(61)41(21-31-19-35(32)22-36(58)20-31)51-45(59)43(29(2)3)53(7)46(60)33-15-18-54(26-33)30(4)57/h12-14,16,19-20,22-23,25,29,33,40-41,43,52,58H,9-11,15,17-18,21,24,26-28H2,1-8H3,(H,51,59)/t33-,40-,41-,43?/m0/s1. The molecule has 3 aliphatic rings. The molecule has 0 radical (unpaired) electrons. The number of methoxy groups -OCH3 is 1. The van der Waals surface area contributed by atoms with E-state index >= 15 is 0 Å². The Balaban J connectivity index is 1.31. The summed E-state index contributed by atoms with van der Waals surface area (Å²) >= 11 is 0. The van der Waals surface area contributed by atoms with E-state index in [2.05, 4.69) is 53.2 Å². The van der Waals surface area contributed by atoms with Crippen molar-refractivity contribution in [3.05, 3.63) is 71.5 Å². The molecule has 2 aromatic heterocycles. The van der Waals surface area contributed by atoms with E-state index in [4.69, 9.17) is 9.47 Å². The van der Waals surface area contributed by atoms with Crippen LogP contribution in [0.3, 0.4) is 0 Å². The Kier molecular flexibility index (Phi) is 13.8. The van der Waals surface area contributed by atoms with Gasteiger partial charge in [0.2, 0.25) is 17.7 Å². The molecule has 1 unspecified atom stereocenters. The second-order valence-corrected chi connectivity index (χ2v) is 18.8. The lowest BCUT2D eigenvalue weighted by molar-refractivity contribution is -0.155. The summed E-state index contributed by atoms with van der Waals surface area (Å²) in [6.45, 7) is 13.6. The normalized spacial score (nSPS) is 20.8. The number of cyclic esters (lactones) is 1. The van der Waals surface area contributed by atoms with Gasteiger partial charge in [0, 0.05) is 88.0 Å². The summed E-state index contributed by atoms with van der Waals surface area (Å²) in [5.74, 6) is -2.59. The molecule has 2 aromatic carbocycles. The lowest BCUT2D eigenvalue weighted by atomic mass is 9.84. The monoisotopic (exact) mass is 877 g/mol. The predicted molar refractivity (Wildman–Crippen MR) is 242 cm³/mol. The first-order valence-electron chi connectivity index (χ1n) is 22.5. The van der Waals surface area contributed by atoms with Crippen molar-refractivity contribution < 1.29 is 38.6 Å². The molecule has 0 spiro atoms. The van der Waals surface area contributed by atoms with Crippen molar-refractivity contribution in [1.82, 2.24) is 35.1 Å². The number of likely N-dealkylation sites (tertiary alicyclic amines) is 1. The van der Waals surface area contributed by atoms with Gasteiger partial charge in [-0.15, -0.1) is 0 Å². The molecular formula is C49H63N7O8. The molecule has 5 heterocycles. The van der Waals surface area contributed by atoms with Crippen LogP contribution in [-0.4, -0.2) is 118 Å². The number of phenolic OH excluding ortho intramolecular Hbond substituents is 1. The number of esters is 1. The van der Waals surface area contributed by atoms with Crippen LogP contribution in [0.2, 0.25) is 0 Å². The van der Waals surface area contributed by atoms with Gasteiger partial charge in [0.25, 0.3) is 5.91 Å². The van der Waals surface area contributed by atoms with Crippen LogP contribution in [0.4, 0.5) is 0 Å². The molecule has 2 saturated heterocycles. The van der Waals surface area contributed by atoms with Gasteiger partial charge in [-0.1, -0.05) is 39.8 Å². The Labute approximate surface area is 375 Å². The van der Waals surface area contributed by atoms with Gasteiger partial charge in [-0.25, -0.2) is 5.43 Å². The number of aromatic nitrogens is 2. The third-order valence-corrected chi connectivity index (χ3v) is 13.0. The highest BCUT2D eigenvalue weighted by Gasteiger charge is 2.40. The third kappa shape index (κ3) is 9.65. The molecule has 15 heteroatoms. The molecule has 4 aromatic rings. The zero-order valence-corrected chi connectivity index (χ0v) is 38.4. The highest BCUT2D eigenvalue weighted by atomic mass is 16.5. The van der Waals surface area contributed by atoms with Crippen molar-refractivity contribution in [2.24, 2.45) is 17.3 Å². The number of likely N-dealkylation sites (N-methyl/N-ethyl adjacent to an activating group) is 1. The maximum absolute atomic E-state index is 14.7. The summed E-state index contributed by atoms with van der Waals surface area (Å²) in [6.07, 6.45) is 5.65. The number of nitrogens with zero attached hydrogens (tertiary/aromatic N) is 5. The number of carbonyl (C=O) groups is 5. The molecular weight excluding hydrogens is 815 g/mol. The number of hydrogen-bond donors (Lipinski definition) is 3. The number of benzene rings is 2. The van der Waals surface area contributed by atoms with Gasteiger partial charge in [0.15, 0.2) is 0 Å². The van der Waals surface area contributed by atoms with E-state index in [1.165, 1.54) is 16.8 Å². The van der Waals surface area contributed by atoms with Crippen LogP contribution in [0.15, 0.2) is 54.9 Å². The van der Waals surface area contributed by atoms with Gasteiger partial charge in [-0.3, -0.25) is 34.0 Å². The van der Waals surface area contributed by atoms with E-state index in [0.717, 1.165) is 44.4 Å². The number of amides is 4. The maximum Gasteiger partial charge on any atom is 0.324 e. The first-order chi connectivity index (χ1) is 30.5. The number of nitrogens with one attached hydrogen (secondary N) is 2. The van der Waals surface area contributed by atoms with Gasteiger partial charge in [0.05, 0.1) is 24.8 Å². The van der Waals surface area contributed by atoms with Crippen LogP contribution in [0.25, 0.3) is 33.3 Å². The van der Waals surface area contributed by atoms with Crippen LogP contribution in [0.1, 0.15) is 77.5 Å². The number of ether oxygens (including phenoxy) is 2. The molecule has 0 saturated carbocycles. The number of pyridine rings is 1. The number of aryl methyl sites for hydroxylation is 1. The number of carbonyl (C=O) groups excluding carboxylic acids is 5. The van der Waals surface area contributed by atoms with Gasteiger partial charge in [-0.05, 0) is 96.7 Å². The van der Waals surface area contributed by atoms with Crippen molar-refractivity contribution in [3.63, 3.8) is 0 Å². The number of aromatic hydroxyl groups is 1. The molecule has 0 aliphatic carbocycles. The minimum Gasteiger partial charge on any atom is -0.508 e. The molecule has 3 N–H and O–H groups in total. The van der Waals surface area contributed by atoms with Crippen LogP contribution in [0, 0.1) is 17.3 Å². The highest BCUT2D eigenvalue weighted by molar-refractivity contribution is 5.96. The maximum atomic E-state index is 14.7. The Morgan fingerprint density at radius 2 is 1.86 bits per heavy atom. The quantitative estimate of drug-likeness (QED) is 0.189. The Morgan fingerprint density at radius 1 is 1.08 bits per heavy atom. The zero-order valence-electron chi connectivity index (χ0n) is 38.4. The van der Waals surface area contributed by atoms with Crippen LogP contribution in [0.5, 0.6) is 5.75 Å². The fourth-order valence-electron chi connectivity index (χ4n) is 9.79. The predicted octanol–water partition coefficient (Wildman–Crippen LogP) is 5.24. The molecule has 3 aliphatic heterocycles. The first-order valence-corrected chi connectivity index (χ1v) is 22.5. The van der Waals surface area contributed by atoms with E-state index in [1.807, 2.05) is 38.2 Å². The number of rotatable bonds is 9. The number of hydrogen-bond acceptors (Lipinski definition) is 10. The second-order valence-electron chi connectivity index (χ2n) is 18.8. The molecule has 6 bridgehead atoms. The van der Waals surface area contributed by atoms with E-state index in [1.54, 1.807) is 37.4 Å². The first kappa shape index (κ1) is 46.2. The Hall–Kier alpha value is -5.80. The molecule has 64 heavy (non-hydrogen) atoms. The van der Waals surface area contributed by atoms with Gasteiger partial charge in [0.1, 0.15) is 23.9 Å². The highest BCUT2D eigenvalue weighted by Crippen LogP contribution is 2.41. The fourth-order valence-corrected chi connectivity index (χ4v) is 9.79. The Morgan fingerprint density at radius 3 is 2.56 bits per heavy atom. The van der Waals surface area contributed by atoms with E-state index in [-0.39, 0.29) is 49.6 Å². The van der Waals surface area contributed by atoms with Crippen LogP contribution in [-0.2, 0) is 59.4 Å². The average molecular weight is 878 g/mol. The topological polar surface area (TPSA) is 176 Å². The summed E-state index contributed by atoms with van der Waals surface area (Å²) in [6, 6.07) is 10.5. The zero-order chi connectivity index (χ0) is 46.0. The van der Waals surface area contributed by atoms with Crippen LogP contribution >= 0.6 is 0 Å². The summed E-state index contributed by atoms with van der Waals surface area (Å²) in [5.41, 5.74) is 9.76.